The van der Waals surface area contributed by atoms with Crippen LogP contribution in [-0.4, -0.2) is 4.98 Å². The van der Waals surface area contributed by atoms with E-state index in [0.717, 1.165) is 23.5 Å². The number of benzene rings is 1. The van der Waals surface area contributed by atoms with E-state index in [1.54, 1.807) is 11.3 Å². The summed E-state index contributed by atoms with van der Waals surface area (Å²) in [6, 6.07) is 10.3. The van der Waals surface area contributed by atoms with Crippen LogP contribution in [0.4, 0.5) is 0 Å². The van der Waals surface area contributed by atoms with Crippen molar-refractivity contribution in [3.63, 3.8) is 0 Å². The van der Waals surface area contributed by atoms with Gasteiger partial charge in [0.25, 0.3) is 0 Å². The molecule has 0 spiro atoms. The van der Waals surface area contributed by atoms with E-state index in [4.69, 9.17) is 10.7 Å². The fourth-order valence-electron chi connectivity index (χ4n) is 2.46. The summed E-state index contributed by atoms with van der Waals surface area (Å²) >= 11 is 1.70. The van der Waals surface area contributed by atoms with Gasteiger partial charge in [-0.2, -0.15) is 0 Å². The molecule has 18 heavy (non-hydrogen) atoms. The number of hydrogen-bond acceptors (Lipinski definition) is 3. The summed E-state index contributed by atoms with van der Waals surface area (Å²) in [4.78, 5) is 4.73. The third-order valence-corrected chi connectivity index (χ3v) is 4.56. The third kappa shape index (κ3) is 2.44. The van der Waals surface area contributed by atoms with Crippen LogP contribution in [0.1, 0.15) is 30.7 Å². The molecule has 0 bridgehead atoms. The zero-order valence-electron chi connectivity index (χ0n) is 10.1. The second kappa shape index (κ2) is 5.39. The number of aromatic nitrogens is 1. The molecule has 0 atom stereocenters. The minimum Gasteiger partial charge on any atom is -0.319 e. The Kier molecular flexibility index (Phi) is 4.05. The van der Waals surface area contributed by atoms with Crippen molar-refractivity contribution in [1.82, 2.24) is 4.98 Å². The Bertz CT molecular complexity index is 504. The Balaban J connectivity index is 0.00000120. The van der Waals surface area contributed by atoms with Crippen molar-refractivity contribution in [3.05, 3.63) is 40.7 Å². The van der Waals surface area contributed by atoms with Gasteiger partial charge in [-0.05, 0) is 12.8 Å². The van der Waals surface area contributed by atoms with E-state index in [1.807, 2.05) is 18.2 Å². The number of rotatable bonds is 2. The van der Waals surface area contributed by atoms with Crippen molar-refractivity contribution in [2.24, 2.45) is 5.73 Å². The minimum absolute atomic E-state index is 0. The second-order valence-electron chi connectivity index (χ2n) is 4.77. The summed E-state index contributed by atoms with van der Waals surface area (Å²) < 4.78 is 0. The molecule has 1 saturated carbocycles. The van der Waals surface area contributed by atoms with Gasteiger partial charge in [-0.1, -0.05) is 43.2 Å². The first kappa shape index (κ1) is 13.5. The molecule has 1 aliphatic rings. The van der Waals surface area contributed by atoms with Crippen LogP contribution < -0.4 is 5.73 Å². The van der Waals surface area contributed by atoms with Crippen molar-refractivity contribution in [2.45, 2.75) is 31.2 Å². The predicted octanol–water partition coefficient (Wildman–Crippen LogP) is 3.96. The molecule has 96 valence electrons. The van der Waals surface area contributed by atoms with Crippen LogP contribution in [-0.2, 0) is 5.54 Å². The topological polar surface area (TPSA) is 38.9 Å². The Morgan fingerprint density at radius 1 is 1.11 bits per heavy atom. The van der Waals surface area contributed by atoms with Gasteiger partial charge in [0.1, 0.15) is 5.01 Å². The lowest BCUT2D eigenvalue weighted by Gasteiger charge is -2.19. The molecular weight excluding hydrogens is 264 g/mol. The standard InChI is InChI=1S/C14H16N2S.ClH/c15-14(8-4-5-9-14)13-16-12(10-17-13)11-6-2-1-3-7-11;/h1-3,6-7,10H,4-5,8-9,15H2;1H. The summed E-state index contributed by atoms with van der Waals surface area (Å²) in [6.07, 6.45) is 4.62. The summed E-state index contributed by atoms with van der Waals surface area (Å²) in [7, 11) is 0. The van der Waals surface area contributed by atoms with E-state index in [1.165, 1.54) is 18.4 Å². The van der Waals surface area contributed by atoms with Crippen LogP contribution in [0.25, 0.3) is 11.3 Å². The van der Waals surface area contributed by atoms with E-state index in [-0.39, 0.29) is 17.9 Å². The van der Waals surface area contributed by atoms with Gasteiger partial charge in [0.2, 0.25) is 0 Å². The van der Waals surface area contributed by atoms with Crippen LogP contribution in [0.3, 0.4) is 0 Å². The SMILES string of the molecule is Cl.NC1(c2nc(-c3ccccc3)cs2)CCCC1. The number of halogens is 1. The van der Waals surface area contributed by atoms with Gasteiger partial charge in [-0.25, -0.2) is 4.98 Å². The first-order valence-corrected chi connectivity index (χ1v) is 6.96. The monoisotopic (exact) mass is 280 g/mol. The first-order valence-electron chi connectivity index (χ1n) is 6.08. The van der Waals surface area contributed by atoms with Crippen molar-refractivity contribution in [3.8, 4) is 11.3 Å². The Hall–Kier alpha value is -0.900. The minimum atomic E-state index is -0.155. The van der Waals surface area contributed by atoms with E-state index >= 15 is 0 Å². The molecule has 0 aliphatic heterocycles. The first-order chi connectivity index (χ1) is 8.28. The van der Waals surface area contributed by atoms with E-state index < -0.39 is 0 Å². The molecule has 2 N–H and O–H groups in total. The number of nitrogens with zero attached hydrogens (tertiary/aromatic N) is 1. The fraction of sp³-hybridized carbons (Fsp3) is 0.357. The van der Waals surface area contributed by atoms with Gasteiger partial charge in [0.05, 0.1) is 11.2 Å². The molecule has 0 radical (unpaired) electrons. The molecule has 1 heterocycles. The van der Waals surface area contributed by atoms with E-state index in [2.05, 4.69) is 17.5 Å². The zero-order chi connectivity index (χ0) is 11.7. The molecule has 1 aliphatic carbocycles. The molecule has 1 aromatic carbocycles. The normalized spacial score (nSPS) is 17.4. The fourth-order valence-corrected chi connectivity index (χ4v) is 3.47. The highest BCUT2D eigenvalue weighted by molar-refractivity contribution is 7.10. The average Bonchev–Trinajstić information content (AvgIpc) is 2.99. The van der Waals surface area contributed by atoms with Crippen LogP contribution >= 0.6 is 23.7 Å². The second-order valence-corrected chi connectivity index (χ2v) is 5.63. The average molecular weight is 281 g/mol. The Morgan fingerprint density at radius 3 is 2.44 bits per heavy atom. The van der Waals surface area contributed by atoms with Crippen LogP contribution in [0.2, 0.25) is 0 Å². The van der Waals surface area contributed by atoms with Gasteiger partial charge in [-0.15, -0.1) is 23.7 Å². The van der Waals surface area contributed by atoms with Gasteiger partial charge in [0, 0.05) is 10.9 Å². The maximum absolute atomic E-state index is 6.42. The highest BCUT2D eigenvalue weighted by atomic mass is 35.5. The molecule has 0 saturated heterocycles. The number of hydrogen-bond donors (Lipinski definition) is 1. The summed E-state index contributed by atoms with van der Waals surface area (Å²) in [5, 5.41) is 3.23. The highest BCUT2D eigenvalue weighted by Gasteiger charge is 2.34. The summed E-state index contributed by atoms with van der Waals surface area (Å²) in [5.74, 6) is 0. The van der Waals surface area contributed by atoms with Crippen molar-refractivity contribution < 1.29 is 0 Å². The van der Waals surface area contributed by atoms with Crippen molar-refractivity contribution in [1.29, 1.82) is 0 Å². The van der Waals surface area contributed by atoms with E-state index in [0.29, 0.717) is 0 Å². The molecule has 2 aromatic rings. The van der Waals surface area contributed by atoms with Crippen molar-refractivity contribution >= 4 is 23.7 Å². The predicted molar refractivity (Wildman–Crippen MR) is 79.1 cm³/mol. The van der Waals surface area contributed by atoms with Crippen LogP contribution in [0.15, 0.2) is 35.7 Å². The van der Waals surface area contributed by atoms with E-state index in [9.17, 15) is 0 Å². The van der Waals surface area contributed by atoms with Crippen molar-refractivity contribution in [2.75, 3.05) is 0 Å². The van der Waals surface area contributed by atoms with Gasteiger partial charge in [-0.3, -0.25) is 0 Å². The highest BCUT2D eigenvalue weighted by Crippen LogP contribution is 2.38. The third-order valence-electron chi connectivity index (χ3n) is 3.50. The molecular formula is C14H17ClN2S. The Morgan fingerprint density at radius 2 is 1.78 bits per heavy atom. The molecule has 2 nitrogen and oxygen atoms in total. The molecule has 1 aromatic heterocycles. The van der Waals surface area contributed by atoms with Crippen LogP contribution in [0.5, 0.6) is 0 Å². The lowest BCUT2D eigenvalue weighted by atomic mass is 10.0. The maximum atomic E-state index is 6.42. The molecule has 0 unspecified atom stereocenters. The summed E-state index contributed by atoms with van der Waals surface area (Å²) in [5.41, 5.74) is 8.50. The van der Waals surface area contributed by atoms with Gasteiger partial charge in [0.15, 0.2) is 0 Å². The Labute approximate surface area is 118 Å². The lowest BCUT2D eigenvalue weighted by molar-refractivity contribution is 0.459. The largest absolute Gasteiger partial charge is 0.319 e. The molecule has 3 rings (SSSR count). The lowest BCUT2D eigenvalue weighted by Crippen LogP contribution is -2.32. The number of nitrogens with two attached hydrogens (primary N) is 1. The summed E-state index contributed by atoms with van der Waals surface area (Å²) in [6.45, 7) is 0. The molecule has 1 fully saturated rings. The quantitative estimate of drug-likeness (QED) is 0.904. The maximum Gasteiger partial charge on any atom is 0.113 e. The smallest absolute Gasteiger partial charge is 0.113 e. The van der Waals surface area contributed by atoms with Gasteiger partial charge >= 0.3 is 0 Å². The zero-order valence-corrected chi connectivity index (χ0v) is 11.8. The van der Waals surface area contributed by atoms with Gasteiger partial charge < -0.3 is 5.73 Å². The number of thiazole rings is 1. The van der Waals surface area contributed by atoms with Crippen LogP contribution in [0, 0.1) is 0 Å². The molecule has 4 heteroatoms. The molecule has 0 amide bonds.